The molecule has 0 bridgehead atoms. The fourth-order valence-corrected chi connectivity index (χ4v) is 5.81. The molecule has 8 nitrogen and oxygen atoms in total. The lowest BCUT2D eigenvalue weighted by Crippen LogP contribution is -2.72. The van der Waals surface area contributed by atoms with Crippen molar-refractivity contribution in [1.29, 1.82) is 0 Å². The van der Waals surface area contributed by atoms with Crippen molar-refractivity contribution >= 4 is 22.0 Å². The summed E-state index contributed by atoms with van der Waals surface area (Å²) >= 11 is 0. The van der Waals surface area contributed by atoms with Crippen molar-refractivity contribution in [2.45, 2.75) is 50.2 Å². The summed E-state index contributed by atoms with van der Waals surface area (Å²) in [5.74, 6) is -0.0290. The van der Waals surface area contributed by atoms with Gasteiger partial charge in [0.2, 0.25) is 0 Å². The van der Waals surface area contributed by atoms with Gasteiger partial charge in [-0.2, -0.15) is 0 Å². The molecular weight excluding hydrogens is 384 g/mol. The molecule has 0 saturated carbocycles. The first kappa shape index (κ1) is 20.4. The minimum absolute atomic E-state index is 0.00782. The Labute approximate surface area is 165 Å². The van der Waals surface area contributed by atoms with Crippen LogP contribution in [0.5, 0.6) is 0 Å². The van der Waals surface area contributed by atoms with Crippen molar-refractivity contribution in [3.8, 4) is 0 Å². The summed E-state index contributed by atoms with van der Waals surface area (Å²) in [6.07, 6.45) is -0.919. The number of benzene rings is 1. The lowest BCUT2D eigenvalue weighted by atomic mass is 9.89. The van der Waals surface area contributed by atoms with Crippen LogP contribution in [0.1, 0.15) is 32.8 Å². The van der Waals surface area contributed by atoms with Gasteiger partial charge in [0.1, 0.15) is 17.0 Å². The van der Waals surface area contributed by atoms with Gasteiger partial charge in [-0.05, 0) is 32.8 Å². The van der Waals surface area contributed by atoms with Crippen molar-refractivity contribution in [2.24, 2.45) is 0 Å². The Hall–Kier alpha value is -2.29. The summed E-state index contributed by atoms with van der Waals surface area (Å²) in [7, 11) is -3.44. The van der Waals surface area contributed by atoms with Gasteiger partial charge in [0, 0.05) is 13.1 Å². The van der Waals surface area contributed by atoms with E-state index in [0.29, 0.717) is 6.42 Å². The van der Waals surface area contributed by atoms with E-state index in [2.05, 4.69) is 5.32 Å². The third-order valence-electron chi connectivity index (χ3n) is 5.00. The number of likely N-dealkylation sites (tertiary alicyclic amines) is 1. The molecule has 9 heteroatoms. The van der Waals surface area contributed by atoms with E-state index in [4.69, 9.17) is 9.47 Å². The minimum Gasteiger partial charge on any atom is -0.445 e. The average molecular weight is 410 g/mol. The molecule has 1 atom stereocenters. The predicted octanol–water partition coefficient (Wildman–Crippen LogP) is 2.09. The van der Waals surface area contributed by atoms with E-state index in [1.54, 1.807) is 20.8 Å². The number of amides is 2. The normalized spacial score (nSPS) is 22.4. The van der Waals surface area contributed by atoms with Crippen molar-refractivity contribution < 1.29 is 27.5 Å². The summed E-state index contributed by atoms with van der Waals surface area (Å²) in [6, 6.07) is 8.62. The highest BCUT2D eigenvalue weighted by atomic mass is 32.2. The first-order valence-electron chi connectivity index (χ1n) is 9.20. The first-order valence-corrected chi connectivity index (χ1v) is 10.9. The number of rotatable bonds is 3. The molecule has 1 aromatic rings. The molecule has 0 aliphatic carbocycles. The van der Waals surface area contributed by atoms with Crippen LogP contribution in [0, 0.1) is 0 Å². The van der Waals surface area contributed by atoms with E-state index in [1.165, 1.54) is 4.90 Å². The summed E-state index contributed by atoms with van der Waals surface area (Å²) in [5, 5.41) is 2.69. The SMILES string of the molecule is CC(C)(C)OC(=O)N1CC2(C1)[C@@H](NC(=O)OCc1ccccc1)CCS2(=O)=O. The molecule has 1 spiro atoms. The maximum absolute atomic E-state index is 12.6. The largest absolute Gasteiger partial charge is 0.445 e. The Bertz CT molecular complexity index is 841. The number of alkyl carbamates (subject to hydrolysis) is 1. The molecule has 28 heavy (non-hydrogen) atoms. The third-order valence-corrected chi connectivity index (χ3v) is 7.56. The predicted molar refractivity (Wildman–Crippen MR) is 102 cm³/mol. The molecule has 154 valence electrons. The molecule has 0 unspecified atom stereocenters. The standard InChI is InChI=1S/C19H26N2O6S/c1-18(2,3)27-17(23)21-12-19(13-21)15(9-10-28(19,24)25)20-16(22)26-11-14-7-5-4-6-8-14/h4-8,15H,9-13H2,1-3H3,(H,20,22)/t15-/m0/s1. The highest BCUT2D eigenvalue weighted by molar-refractivity contribution is 7.93. The van der Waals surface area contributed by atoms with Crippen LogP contribution in [0.25, 0.3) is 0 Å². The van der Waals surface area contributed by atoms with E-state index in [1.807, 2.05) is 30.3 Å². The van der Waals surface area contributed by atoms with Gasteiger partial charge in [-0.3, -0.25) is 0 Å². The second-order valence-corrected chi connectivity index (χ2v) is 10.7. The molecular formula is C19H26N2O6S. The van der Waals surface area contributed by atoms with Gasteiger partial charge >= 0.3 is 12.2 Å². The number of ether oxygens (including phenoxy) is 2. The van der Waals surface area contributed by atoms with Crippen LogP contribution in [0.4, 0.5) is 9.59 Å². The summed E-state index contributed by atoms with van der Waals surface area (Å²) in [6.45, 7) is 5.37. The molecule has 1 N–H and O–H groups in total. The molecule has 2 amide bonds. The van der Waals surface area contributed by atoms with Gasteiger partial charge in [0.25, 0.3) is 0 Å². The van der Waals surface area contributed by atoms with Crippen LogP contribution in [0.15, 0.2) is 30.3 Å². The van der Waals surface area contributed by atoms with Gasteiger partial charge in [0.05, 0.1) is 11.8 Å². The first-order chi connectivity index (χ1) is 13.0. The van der Waals surface area contributed by atoms with Crippen molar-refractivity contribution in [3.05, 3.63) is 35.9 Å². The zero-order chi connectivity index (χ0) is 20.6. The van der Waals surface area contributed by atoms with Crippen molar-refractivity contribution in [2.75, 3.05) is 18.8 Å². The van der Waals surface area contributed by atoms with Crippen LogP contribution in [-0.2, 0) is 25.9 Å². The number of nitrogens with one attached hydrogen (secondary N) is 1. The Morgan fingerprint density at radius 1 is 1.21 bits per heavy atom. The van der Waals surface area contributed by atoms with Crippen LogP contribution in [0.3, 0.4) is 0 Å². The van der Waals surface area contributed by atoms with Crippen molar-refractivity contribution in [3.63, 3.8) is 0 Å². The molecule has 2 saturated heterocycles. The number of hydrogen-bond acceptors (Lipinski definition) is 6. The molecule has 3 rings (SSSR count). The van der Waals surface area contributed by atoms with Gasteiger partial charge in [-0.15, -0.1) is 0 Å². The number of sulfone groups is 1. The zero-order valence-electron chi connectivity index (χ0n) is 16.3. The minimum atomic E-state index is -3.44. The second-order valence-electron chi connectivity index (χ2n) is 8.27. The van der Waals surface area contributed by atoms with Crippen molar-refractivity contribution in [1.82, 2.24) is 10.2 Å². The van der Waals surface area contributed by atoms with Crippen LogP contribution in [0.2, 0.25) is 0 Å². The smallest absolute Gasteiger partial charge is 0.410 e. The maximum Gasteiger partial charge on any atom is 0.410 e. The molecule has 2 heterocycles. The highest BCUT2D eigenvalue weighted by Crippen LogP contribution is 2.41. The molecule has 0 aromatic heterocycles. The van der Waals surface area contributed by atoms with E-state index in [9.17, 15) is 18.0 Å². The highest BCUT2D eigenvalue weighted by Gasteiger charge is 2.63. The molecule has 2 fully saturated rings. The van der Waals surface area contributed by atoms with Gasteiger partial charge in [-0.25, -0.2) is 18.0 Å². The summed E-state index contributed by atoms with van der Waals surface area (Å²) < 4.78 is 34.6. The quantitative estimate of drug-likeness (QED) is 0.819. The number of hydrogen-bond donors (Lipinski definition) is 1. The molecule has 1 aromatic carbocycles. The average Bonchev–Trinajstić information content (AvgIpc) is 2.81. The molecule has 2 aliphatic heterocycles. The lowest BCUT2D eigenvalue weighted by Gasteiger charge is -2.49. The van der Waals surface area contributed by atoms with Crippen LogP contribution < -0.4 is 5.32 Å². The van der Waals surface area contributed by atoms with E-state index in [0.717, 1.165) is 5.56 Å². The Morgan fingerprint density at radius 3 is 2.46 bits per heavy atom. The van der Waals surface area contributed by atoms with Gasteiger partial charge in [-0.1, -0.05) is 30.3 Å². The molecule has 0 radical (unpaired) electrons. The Balaban J connectivity index is 1.61. The van der Waals surface area contributed by atoms with Crippen LogP contribution in [-0.4, -0.2) is 60.7 Å². The monoisotopic (exact) mass is 410 g/mol. The van der Waals surface area contributed by atoms with E-state index < -0.39 is 38.4 Å². The summed E-state index contributed by atoms with van der Waals surface area (Å²) in [4.78, 5) is 25.7. The van der Waals surface area contributed by atoms with Crippen LogP contribution >= 0.6 is 0 Å². The van der Waals surface area contributed by atoms with E-state index in [-0.39, 0.29) is 25.4 Å². The zero-order valence-corrected chi connectivity index (χ0v) is 17.1. The van der Waals surface area contributed by atoms with Gasteiger partial charge in [0.15, 0.2) is 9.84 Å². The topological polar surface area (TPSA) is 102 Å². The summed E-state index contributed by atoms with van der Waals surface area (Å²) in [5.41, 5.74) is 0.180. The fourth-order valence-electron chi connectivity index (χ4n) is 3.54. The number of carbonyl (C=O) groups excluding carboxylic acids is 2. The molecule has 2 aliphatic rings. The third kappa shape index (κ3) is 4.09. The lowest BCUT2D eigenvalue weighted by molar-refractivity contribution is 0.000253. The second kappa shape index (κ2) is 7.27. The van der Waals surface area contributed by atoms with Gasteiger partial charge < -0.3 is 19.7 Å². The number of carbonyl (C=O) groups is 2. The fraction of sp³-hybridized carbons (Fsp3) is 0.579. The van der Waals surface area contributed by atoms with E-state index >= 15 is 0 Å². The maximum atomic E-state index is 12.6. The Morgan fingerprint density at radius 2 is 1.86 bits per heavy atom. The number of nitrogens with zero attached hydrogens (tertiary/aromatic N) is 1. The Kier molecular flexibility index (Phi) is 5.31.